The second kappa shape index (κ2) is 7.81. The fourth-order valence-electron chi connectivity index (χ4n) is 2.63. The Morgan fingerprint density at radius 1 is 1.11 bits per heavy atom. The van der Waals surface area contributed by atoms with Crippen molar-refractivity contribution in [3.8, 4) is 0 Å². The molecule has 2 rings (SSSR count). The average molecular weight is 413 g/mol. The van der Waals surface area contributed by atoms with Gasteiger partial charge in [0.1, 0.15) is 16.2 Å². The highest BCUT2D eigenvalue weighted by molar-refractivity contribution is 7.17. The number of rotatable bonds is 2. The Bertz CT molecular complexity index is 785. The zero-order valence-electron chi connectivity index (χ0n) is 17.2. The zero-order valence-corrected chi connectivity index (χ0v) is 18.0. The molecule has 1 aromatic rings. The molecule has 0 spiro atoms. The number of esters is 2. The lowest BCUT2D eigenvalue weighted by atomic mass is 9.95. The molecule has 1 aromatic heterocycles. The summed E-state index contributed by atoms with van der Waals surface area (Å²) in [6.07, 6.45) is -1.22. The number of carbonyl (C=O) groups is 3. The second-order valence-electron chi connectivity index (χ2n) is 8.63. The molecule has 2 heterocycles. The van der Waals surface area contributed by atoms with Crippen molar-refractivity contribution in [2.75, 3.05) is 11.9 Å². The second-order valence-corrected chi connectivity index (χ2v) is 9.68. The van der Waals surface area contributed by atoms with Crippen LogP contribution in [0.1, 0.15) is 81.5 Å². The molecule has 0 bridgehead atoms. The summed E-state index contributed by atoms with van der Waals surface area (Å²) in [7, 11) is 0. The summed E-state index contributed by atoms with van der Waals surface area (Å²) in [6.45, 7) is 12.2. The first-order valence-electron chi connectivity index (χ1n) is 8.93. The molecule has 2 unspecified atom stereocenters. The molecule has 1 amide bonds. The number of amides is 1. The number of ether oxygens (including phenoxy) is 3. The lowest BCUT2D eigenvalue weighted by Crippen LogP contribution is -2.33. The van der Waals surface area contributed by atoms with Gasteiger partial charge in [-0.3, -0.25) is 4.79 Å². The summed E-state index contributed by atoms with van der Waals surface area (Å²) in [4.78, 5) is 37.6. The predicted molar refractivity (Wildman–Crippen MR) is 103 cm³/mol. The molecule has 2 N–H and O–H groups in total. The lowest BCUT2D eigenvalue weighted by Gasteiger charge is -2.25. The van der Waals surface area contributed by atoms with E-state index < -0.39 is 35.3 Å². The molecule has 0 saturated heterocycles. The van der Waals surface area contributed by atoms with Crippen LogP contribution in [0.15, 0.2) is 0 Å². The Labute approximate surface area is 168 Å². The number of aliphatic hydroxyl groups is 1. The van der Waals surface area contributed by atoms with Gasteiger partial charge in [0.15, 0.2) is 6.29 Å². The van der Waals surface area contributed by atoms with Crippen molar-refractivity contribution in [1.82, 2.24) is 0 Å². The summed E-state index contributed by atoms with van der Waals surface area (Å²) in [5, 5.41) is 12.7. The Morgan fingerprint density at radius 2 is 1.68 bits per heavy atom. The van der Waals surface area contributed by atoms with Gasteiger partial charge in [-0.15, -0.1) is 11.3 Å². The highest BCUT2D eigenvalue weighted by atomic mass is 32.1. The van der Waals surface area contributed by atoms with Gasteiger partial charge in [-0.05, 0) is 47.1 Å². The van der Waals surface area contributed by atoms with Crippen molar-refractivity contribution in [2.45, 2.75) is 71.9 Å². The third-order valence-corrected chi connectivity index (χ3v) is 4.76. The van der Waals surface area contributed by atoms with Crippen molar-refractivity contribution in [3.63, 3.8) is 0 Å². The van der Waals surface area contributed by atoms with Crippen LogP contribution in [0.2, 0.25) is 0 Å². The number of hydrogen-bond acceptors (Lipinski definition) is 8. The first-order chi connectivity index (χ1) is 12.7. The van der Waals surface area contributed by atoms with Crippen molar-refractivity contribution < 1.29 is 33.7 Å². The maximum Gasteiger partial charge on any atom is 0.397 e. The monoisotopic (exact) mass is 413 g/mol. The van der Waals surface area contributed by atoms with Gasteiger partial charge in [-0.25, -0.2) is 9.59 Å². The smallest absolute Gasteiger partial charge is 0.397 e. The number of nitrogens with one attached hydrogen (secondary N) is 1. The van der Waals surface area contributed by atoms with Crippen LogP contribution in [-0.2, 0) is 23.8 Å². The fourth-order valence-corrected chi connectivity index (χ4v) is 3.87. The normalized spacial score (nSPS) is 19.6. The summed E-state index contributed by atoms with van der Waals surface area (Å²) in [6, 6.07) is 0. The molecule has 0 aliphatic carbocycles. The van der Waals surface area contributed by atoms with E-state index in [1.54, 1.807) is 41.5 Å². The van der Waals surface area contributed by atoms with Crippen LogP contribution >= 0.6 is 11.3 Å². The van der Waals surface area contributed by atoms with Crippen LogP contribution in [0, 0.1) is 0 Å². The molecule has 156 valence electrons. The summed E-state index contributed by atoms with van der Waals surface area (Å²) < 4.78 is 15.8. The number of carbonyl (C=O) groups excluding carboxylic acids is 3. The topological polar surface area (TPSA) is 111 Å². The first-order valence-corrected chi connectivity index (χ1v) is 9.75. The Kier molecular flexibility index (Phi) is 6.22. The molecular formula is C19H27NO7S. The number of thiophene rings is 1. The van der Waals surface area contributed by atoms with Gasteiger partial charge in [-0.2, -0.15) is 0 Å². The van der Waals surface area contributed by atoms with E-state index in [0.717, 1.165) is 11.3 Å². The highest BCUT2D eigenvalue weighted by Gasteiger charge is 2.37. The van der Waals surface area contributed by atoms with Crippen LogP contribution < -0.4 is 5.32 Å². The number of fused-ring (bicyclic) bond motifs is 1. The van der Waals surface area contributed by atoms with Crippen LogP contribution in [0.4, 0.5) is 5.00 Å². The SMILES string of the molecule is CC1COC(O)c2sc(NC(=O)C(=O)OC(C)(C)C)c(C(=O)OC(C)(C)C)c21. The van der Waals surface area contributed by atoms with E-state index >= 15 is 0 Å². The maximum atomic E-state index is 12.8. The van der Waals surface area contributed by atoms with Crippen LogP contribution in [0.5, 0.6) is 0 Å². The molecular weight excluding hydrogens is 386 g/mol. The highest BCUT2D eigenvalue weighted by Crippen LogP contribution is 2.45. The predicted octanol–water partition coefficient (Wildman–Crippen LogP) is 3.11. The van der Waals surface area contributed by atoms with Gasteiger partial charge in [0.05, 0.1) is 17.0 Å². The Balaban J connectivity index is 2.43. The molecule has 0 fully saturated rings. The van der Waals surface area contributed by atoms with Gasteiger partial charge in [0.25, 0.3) is 0 Å². The Hall–Kier alpha value is -1.97. The van der Waals surface area contributed by atoms with Crippen molar-refractivity contribution in [1.29, 1.82) is 0 Å². The van der Waals surface area contributed by atoms with E-state index in [1.165, 1.54) is 0 Å². The van der Waals surface area contributed by atoms with E-state index in [4.69, 9.17) is 14.2 Å². The van der Waals surface area contributed by atoms with E-state index in [2.05, 4.69) is 5.32 Å². The molecule has 1 aliphatic rings. The summed E-state index contributed by atoms with van der Waals surface area (Å²) >= 11 is 0.976. The van der Waals surface area contributed by atoms with Gasteiger partial charge >= 0.3 is 17.8 Å². The van der Waals surface area contributed by atoms with Crippen LogP contribution in [-0.4, -0.2) is 40.8 Å². The summed E-state index contributed by atoms with van der Waals surface area (Å²) in [5.41, 5.74) is -0.916. The molecule has 1 aliphatic heterocycles. The lowest BCUT2D eigenvalue weighted by molar-refractivity contribution is -0.161. The van der Waals surface area contributed by atoms with E-state index in [0.29, 0.717) is 10.4 Å². The van der Waals surface area contributed by atoms with Gasteiger partial charge < -0.3 is 24.6 Å². The number of hydrogen-bond donors (Lipinski definition) is 2. The van der Waals surface area contributed by atoms with Crippen LogP contribution in [0.25, 0.3) is 0 Å². The van der Waals surface area contributed by atoms with Gasteiger partial charge in [-0.1, -0.05) is 6.92 Å². The fraction of sp³-hybridized carbons (Fsp3) is 0.632. The van der Waals surface area contributed by atoms with Crippen LogP contribution in [0.3, 0.4) is 0 Å². The molecule has 0 saturated carbocycles. The maximum absolute atomic E-state index is 12.8. The number of aliphatic hydroxyl groups excluding tert-OH is 1. The van der Waals surface area contributed by atoms with Crippen molar-refractivity contribution in [3.05, 3.63) is 16.0 Å². The standard InChI is InChI=1S/C19H27NO7S/c1-9-8-25-16(23)12-10(9)11(15(22)26-18(2,3)4)14(28-12)20-13(21)17(24)27-19(5,6)7/h9,16,23H,8H2,1-7H3,(H,20,21). The summed E-state index contributed by atoms with van der Waals surface area (Å²) in [5.74, 6) is -2.94. The third kappa shape index (κ3) is 5.30. The first kappa shape index (κ1) is 22.3. The largest absolute Gasteiger partial charge is 0.456 e. The van der Waals surface area contributed by atoms with E-state index in [9.17, 15) is 19.5 Å². The van der Waals surface area contributed by atoms with E-state index in [-0.39, 0.29) is 23.1 Å². The minimum absolute atomic E-state index is 0.117. The van der Waals surface area contributed by atoms with E-state index in [1.807, 2.05) is 6.92 Å². The molecule has 0 radical (unpaired) electrons. The van der Waals surface area contributed by atoms with Gasteiger partial charge in [0.2, 0.25) is 0 Å². The molecule has 28 heavy (non-hydrogen) atoms. The van der Waals surface area contributed by atoms with Gasteiger partial charge in [0, 0.05) is 5.92 Å². The zero-order chi connectivity index (χ0) is 21.4. The minimum atomic E-state index is -1.22. The molecule has 0 aromatic carbocycles. The average Bonchev–Trinajstić information content (AvgIpc) is 2.88. The van der Waals surface area contributed by atoms with Crippen molar-refractivity contribution >= 4 is 34.2 Å². The molecule has 2 atom stereocenters. The van der Waals surface area contributed by atoms with Crippen molar-refractivity contribution in [2.24, 2.45) is 0 Å². The quantitative estimate of drug-likeness (QED) is 0.566. The number of anilines is 1. The minimum Gasteiger partial charge on any atom is -0.456 e. The third-order valence-electron chi connectivity index (χ3n) is 3.61. The molecule has 9 heteroatoms. The Morgan fingerprint density at radius 3 is 2.21 bits per heavy atom. The molecule has 8 nitrogen and oxygen atoms in total.